The van der Waals surface area contributed by atoms with Gasteiger partial charge in [-0.05, 0) is 30.9 Å². The standard InChI is InChI=1S/C17H19F2N3O2/c1-24-16-13(19)3-2-12(18)15(16)17(23)22-8-4-11(5-9-22)10-14-20-6-7-21-14/h2-3,6-7,11H,4-5,8-10H2,1H3,(H,20,21). The lowest BCUT2D eigenvalue weighted by Gasteiger charge is -2.32. The van der Waals surface area contributed by atoms with E-state index in [4.69, 9.17) is 4.74 Å². The fraction of sp³-hybridized carbons (Fsp3) is 0.412. The zero-order valence-electron chi connectivity index (χ0n) is 13.4. The summed E-state index contributed by atoms with van der Waals surface area (Å²) in [5.74, 6) is -1.03. The van der Waals surface area contributed by atoms with Gasteiger partial charge in [-0.15, -0.1) is 0 Å². The van der Waals surface area contributed by atoms with Crippen molar-refractivity contribution in [1.82, 2.24) is 14.9 Å². The molecule has 3 rings (SSSR count). The van der Waals surface area contributed by atoms with Crippen LogP contribution < -0.4 is 4.74 Å². The van der Waals surface area contributed by atoms with E-state index >= 15 is 0 Å². The van der Waals surface area contributed by atoms with Gasteiger partial charge in [0.1, 0.15) is 17.2 Å². The van der Waals surface area contributed by atoms with E-state index in [2.05, 4.69) is 9.97 Å². The molecule has 1 aromatic carbocycles. The molecule has 0 bridgehead atoms. The number of H-pyrrole nitrogens is 1. The fourth-order valence-corrected chi connectivity index (χ4v) is 3.11. The molecule has 0 unspecified atom stereocenters. The van der Waals surface area contributed by atoms with E-state index in [0.29, 0.717) is 19.0 Å². The van der Waals surface area contributed by atoms with Crippen LogP contribution in [0.5, 0.6) is 5.75 Å². The van der Waals surface area contributed by atoms with E-state index in [1.165, 1.54) is 7.11 Å². The Morgan fingerprint density at radius 2 is 2.04 bits per heavy atom. The van der Waals surface area contributed by atoms with E-state index in [0.717, 1.165) is 37.2 Å². The highest BCUT2D eigenvalue weighted by Gasteiger charge is 2.29. The number of benzene rings is 1. The van der Waals surface area contributed by atoms with E-state index in [9.17, 15) is 13.6 Å². The van der Waals surface area contributed by atoms with E-state index in [-0.39, 0.29) is 11.3 Å². The first kappa shape index (κ1) is 16.4. The van der Waals surface area contributed by atoms with Gasteiger partial charge >= 0.3 is 0 Å². The average Bonchev–Trinajstić information content (AvgIpc) is 3.09. The molecule has 1 aromatic heterocycles. The largest absolute Gasteiger partial charge is 0.493 e. The Bertz CT molecular complexity index is 711. The van der Waals surface area contributed by atoms with Gasteiger partial charge in [0, 0.05) is 31.9 Å². The molecule has 7 heteroatoms. The summed E-state index contributed by atoms with van der Waals surface area (Å²) in [5.41, 5.74) is -0.331. The van der Waals surface area contributed by atoms with Crippen molar-refractivity contribution in [1.29, 1.82) is 0 Å². The Morgan fingerprint density at radius 1 is 1.33 bits per heavy atom. The maximum absolute atomic E-state index is 14.0. The van der Waals surface area contributed by atoms with Crippen LogP contribution in [0.15, 0.2) is 24.5 Å². The van der Waals surface area contributed by atoms with Crippen molar-refractivity contribution >= 4 is 5.91 Å². The number of nitrogens with zero attached hydrogens (tertiary/aromatic N) is 2. The van der Waals surface area contributed by atoms with Gasteiger partial charge in [-0.3, -0.25) is 4.79 Å². The minimum atomic E-state index is -0.768. The molecular weight excluding hydrogens is 316 g/mol. The molecule has 1 N–H and O–H groups in total. The van der Waals surface area contributed by atoms with E-state index in [1.807, 2.05) is 0 Å². The third kappa shape index (κ3) is 3.25. The predicted octanol–water partition coefficient (Wildman–Crippen LogP) is 2.79. The molecular formula is C17H19F2N3O2. The molecule has 24 heavy (non-hydrogen) atoms. The number of halogens is 2. The van der Waals surface area contributed by atoms with Crippen LogP contribution in [0.4, 0.5) is 8.78 Å². The second kappa shape index (κ2) is 6.98. The highest BCUT2D eigenvalue weighted by Crippen LogP contribution is 2.29. The van der Waals surface area contributed by atoms with Crippen LogP contribution in [0.2, 0.25) is 0 Å². The minimum Gasteiger partial charge on any atom is -0.493 e. The Balaban J connectivity index is 1.68. The third-order valence-electron chi connectivity index (χ3n) is 4.42. The van der Waals surface area contributed by atoms with Gasteiger partial charge in [0.2, 0.25) is 0 Å². The van der Waals surface area contributed by atoms with Crippen molar-refractivity contribution in [3.05, 3.63) is 47.5 Å². The number of amides is 1. The van der Waals surface area contributed by atoms with Crippen molar-refractivity contribution in [2.24, 2.45) is 5.92 Å². The van der Waals surface area contributed by atoms with Gasteiger partial charge < -0.3 is 14.6 Å². The van der Waals surface area contributed by atoms with Crippen LogP contribution in [0.3, 0.4) is 0 Å². The fourth-order valence-electron chi connectivity index (χ4n) is 3.11. The summed E-state index contributed by atoms with van der Waals surface area (Å²) >= 11 is 0. The third-order valence-corrected chi connectivity index (χ3v) is 4.42. The van der Waals surface area contributed by atoms with Gasteiger partial charge in [0.15, 0.2) is 11.6 Å². The van der Waals surface area contributed by atoms with Crippen molar-refractivity contribution in [3.63, 3.8) is 0 Å². The van der Waals surface area contributed by atoms with Crippen LogP contribution in [0.25, 0.3) is 0 Å². The number of carbonyl (C=O) groups excluding carboxylic acids is 1. The molecule has 1 aliphatic heterocycles. The minimum absolute atomic E-state index is 0.331. The second-order valence-corrected chi connectivity index (χ2v) is 5.91. The summed E-state index contributed by atoms with van der Waals surface area (Å²) in [5, 5.41) is 0. The molecule has 5 nitrogen and oxygen atoms in total. The average molecular weight is 335 g/mol. The number of ether oxygens (including phenoxy) is 1. The van der Waals surface area contributed by atoms with Gasteiger partial charge in [-0.2, -0.15) is 0 Å². The summed E-state index contributed by atoms with van der Waals surface area (Å²) in [4.78, 5) is 21.4. The molecule has 0 saturated carbocycles. The molecule has 1 fully saturated rings. The molecule has 1 saturated heterocycles. The van der Waals surface area contributed by atoms with Crippen LogP contribution >= 0.6 is 0 Å². The second-order valence-electron chi connectivity index (χ2n) is 5.91. The van der Waals surface area contributed by atoms with Gasteiger partial charge in [0.25, 0.3) is 5.91 Å². The molecule has 2 aromatic rings. The Morgan fingerprint density at radius 3 is 2.67 bits per heavy atom. The summed E-state index contributed by atoms with van der Waals surface area (Å²) in [6.07, 6.45) is 5.92. The number of hydrogen-bond donors (Lipinski definition) is 1. The Hall–Kier alpha value is -2.44. The highest BCUT2D eigenvalue weighted by molar-refractivity contribution is 5.97. The van der Waals surface area contributed by atoms with E-state index in [1.54, 1.807) is 17.3 Å². The number of rotatable bonds is 4. The maximum atomic E-state index is 14.0. The zero-order chi connectivity index (χ0) is 17.1. The molecule has 1 amide bonds. The summed E-state index contributed by atoms with van der Waals surface area (Å²) in [6.45, 7) is 1.01. The lowest BCUT2D eigenvalue weighted by Crippen LogP contribution is -2.39. The molecule has 2 heterocycles. The van der Waals surface area contributed by atoms with Crippen molar-refractivity contribution in [3.8, 4) is 5.75 Å². The summed E-state index contributed by atoms with van der Waals surface area (Å²) < 4.78 is 32.7. The number of aromatic amines is 1. The molecule has 0 aliphatic carbocycles. The Kier molecular flexibility index (Phi) is 4.78. The molecule has 128 valence electrons. The predicted molar refractivity (Wildman–Crippen MR) is 83.8 cm³/mol. The number of hydrogen-bond acceptors (Lipinski definition) is 3. The van der Waals surface area contributed by atoms with E-state index < -0.39 is 17.5 Å². The van der Waals surface area contributed by atoms with Crippen LogP contribution in [-0.2, 0) is 6.42 Å². The van der Waals surface area contributed by atoms with Gasteiger partial charge in [-0.1, -0.05) is 0 Å². The number of aromatic nitrogens is 2. The van der Waals surface area contributed by atoms with Crippen molar-refractivity contribution in [2.75, 3.05) is 20.2 Å². The lowest BCUT2D eigenvalue weighted by atomic mass is 9.93. The maximum Gasteiger partial charge on any atom is 0.260 e. The van der Waals surface area contributed by atoms with Gasteiger partial charge in [0.05, 0.1) is 7.11 Å². The van der Waals surface area contributed by atoms with Crippen LogP contribution in [-0.4, -0.2) is 41.0 Å². The van der Waals surface area contributed by atoms with Crippen LogP contribution in [0, 0.1) is 17.6 Å². The van der Waals surface area contributed by atoms with Crippen molar-refractivity contribution in [2.45, 2.75) is 19.3 Å². The molecule has 0 radical (unpaired) electrons. The highest BCUT2D eigenvalue weighted by atomic mass is 19.1. The normalized spacial score (nSPS) is 15.5. The SMILES string of the molecule is COc1c(F)ccc(F)c1C(=O)N1CCC(Cc2ncc[nH]2)CC1. The first-order valence-electron chi connectivity index (χ1n) is 7.89. The first-order valence-corrected chi connectivity index (χ1v) is 7.89. The Labute approximate surface area is 138 Å². The number of likely N-dealkylation sites (tertiary alicyclic amines) is 1. The topological polar surface area (TPSA) is 58.2 Å². The van der Waals surface area contributed by atoms with Crippen LogP contribution in [0.1, 0.15) is 29.0 Å². The number of methoxy groups -OCH3 is 1. The smallest absolute Gasteiger partial charge is 0.260 e. The number of piperidine rings is 1. The number of imidazole rings is 1. The molecule has 0 spiro atoms. The molecule has 0 atom stereocenters. The monoisotopic (exact) mass is 335 g/mol. The summed E-state index contributed by atoms with van der Waals surface area (Å²) in [7, 11) is 1.23. The zero-order valence-corrected chi connectivity index (χ0v) is 13.4. The first-order chi connectivity index (χ1) is 11.6. The lowest BCUT2D eigenvalue weighted by molar-refractivity contribution is 0.0680. The number of carbonyl (C=O) groups is 1. The van der Waals surface area contributed by atoms with Crippen molar-refractivity contribution < 1.29 is 18.3 Å². The van der Waals surface area contributed by atoms with Gasteiger partial charge in [-0.25, -0.2) is 13.8 Å². The summed E-state index contributed by atoms with van der Waals surface area (Å²) in [6, 6.07) is 1.91. The quantitative estimate of drug-likeness (QED) is 0.935. The number of nitrogens with one attached hydrogen (secondary N) is 1. The molecule has 1 aliphatic rings.